The second-order valence-corrected chi connectivity index (χ2v) is 5.61. The van der Waals surface area contributed by atoms with E-state index in [0.717, 1.165) is 0 Å². The van der Waals surface area contributed by atoms with E-state index in [1.807, 2.05) is 0 Å². The Balaban J connectivity index is 2.04. The molecule has 0 saturated heterocycles. The molecule has 0 aliphatic rings. The molecule has 2 aromatic carbocycles. The summed E-state index contributed by atoms with van der Waals surface area (Å²) in [6.07, 6.45) is 0. The van der Waals surface area contributed by atoms with Crippen molar-refractivity contribution < 1.29 is 14.5 Å². The van der Waals surface area contributed by atoms with E-state index in [2.05, 4.69) is 10.6 Å². The third-order valence-corrected chi connectivity index (χ3v) is 3.60. The summed E-state index contributed by atoms with van der Waals surface area (Å²) in [6, 6.07) is 10.5. The van der Waals surface area contributed by atoms with Crippen molar-refractivity contribution >= 4 is 52.0 Å². The fourth-order valence-electron chi connectivity index (χ4n) is 1.91. The fraction of sp³-hybridized carbons (Fsp3) is 0.125. The molecule has 0 radical (unpaired) electrons. The highest BCUT2D eigenvalue weighted by molar-refractivity contribution is 7.80. The monoisotopic (exact) mass is 379 g/mol. The summed E-state index contributed by atoms with van der Waals surface area (Å²) in [5.74, 6) is -0.405. The van der Waals surface area contributed by atoms with Gasteiger partial charge < -0.3 is 15.4 Å². The number of nitrogens with zero attached hydrogens (tertiary/aromatic N) is 1. The maximum atomic E-state index is 11.6. The number of halogens is 1. The largest absolute Gasteiger partial charge is 0.462 e. The Morgan fingerprint density at radius 2 is 1.92 bits per heavy atom. The molecule has 2 rings (SSSR count). The predicted molar refractivity (Wildman–Crippen MR) is 100 cm³/mol. The van der Waals surface area contributed by atoms with Gasteiger partial charge in [-0.25, -0.2) is 4.79 Å². The molecule has 130 valence electrons. The van der Waals surface area contributed by atoms with E-state index in [4.69, 9.17) is 28.6 Å². The van der Waals surface area contributed by atoms with E-state index in [1.165, 1.54) is 18.2 Å². The number of nitro groups is 1. The number of thiocarbonyl (C=S) groups is 1. The number of nitrogens with one attached hydrogen (secondary N) is 2. The molecule has 9 heteroatoms. The molecular weight excluding hydrogens is 366 g/mol. The van der Waals surface area contributed by atoms with Crippen LogP contribution >= 0.6 is 23.8 Å². The number of anilines is 2. The maximum Gasteiger partial charge on any atom is 0.338 e. The minimum atomic E-state index is -0.522. The molecule has 0 saturated carbocycles. The van der Waals surface area contributed by atoms with Crippen LogP contribution in [0.15, 0.2) is 42.5 Å². The molecular formula is C16H14ClN3O4S. The lowest BCUT2D eigenvalue weighted by molar-refractivity contribution is -0.384. The average molecular weight is 380 g/mol. The molecule has 0 fully saturated rings. The van der Waals surface area contributed by atoms with Gasteiger partial charge in [0.15, 0.2) is 5.11 Å². The van der Waals surface area contributed by atoms with Gasteiger partial charge in [0.05, 0.1) is 27.8 Å². The lowest BCUT2D eigenvalue weighted by atomic mass is 10.2. The minimum absolute atomic E-state index is 0.103. The van der Waals surface area contributed by atoms with Gasteiger partial charge in [0.1, 0.15) is 0 Å². The quantitative estimate of drug-likeness (QED) is 0.347. The zero-order valence-corrected chi connectivity index (χ0v) is 14.7. The van der Waals surface area contributed by atoms with Crippen LogP contribution in [-0.2, 0) is 4.74 Å². The van der Waals surface area contributed by atoms with Crippen molar-refractivity contribution in [2.75, 3.05) is 17.2 Å². The molecule has 2 N–H and O–H groups in total. The molecule has 0 heterocycles. The second-order valence-electron chi connectivity index (χ2n) is 4.80. The van der Waals surface area contributed by atoms with Crippen molar-refractivity contribution in [1.29, 1.82) is 0 Å². The highest BCUT2D eigenvalue weighted by atomic mass is 35.5. The molecule has 25 heavy (non-hydrogen) atoms. The van der Waals surface area contributed by atoms with Crippen molar-refractivity contribution in [3.05, 3.63) is 63.2 Å². The van der Waals surface area contributed by atoms with Crippen molar-refractivity contribution in [2.45, 2.75) is 6.92 Å². The Kier molecular flexibility index (Phi) is 6.26. The average Bonchev–Trinajstić information content (AvgIpc) is 2.57. The molecule has 0 atom stereocenters. The minimum Gasteiger partial charge on any atom is -0.462 e. The molecule has 7 nitrogen and oxygen atoms in total. The van der Waals surface area contributed by atoms with Crippen molar-refractivity contribution in [3.63, 3.8) is 0 Å². The van der Waals surface area contributed by atoms with E-state index >= 15 is 0 Å². The molecule has 0 amide bonds. The van der Waals surface area contributed by atoms with Crippen LogP contribution in [-0.4, -0.2) is 22.6 Å². The molecule has 0 aliphatic carbocycles. The first-order valence-electron chi connectivity index (χ1n) is 7.20. The summed E-state index contributed by atoms with van der Waals surface area (Å²) < 4.78 is 4.90. The fourth-order valence-corrected chi connectivity index (χ4v) is 2.30. The number of rotatable bonds is 5. The predicted octanol–water partition coefficient (Wildman–Crippen LogP) is 4.23. The summed E-state index contributed by atoms with van der Waals surface area (Å²) in [7, 11) is 0. The number of carbonyl (C=O) groups is 1. The second kappa shape index (κ2) is 8.41. The number of hydrogen-bond acceptors (Lipinski definition) is 5. The molecule has 0 spiro atoms. The maximum absolute atomic E-state index is 11.6. The molecule has 0 bridgehead atoms. The van der Waals surface area contributed by atoms with Gasteiger partial charge in [-0.3, -0.25) is 10.1 Å². The third kappa shape index (κ3) is 5.13. The van der Waals surface area contributed by atoms with Crippen LogP contribution in [0, 0.1) is 10.1 Å². The van der Waals surface area contributed by atoms with E-state index in [1.54, 1.807) is 31.2 Å². The van der Waals surface area contributed by atoms with Crippen LogP contribution in [0.1, 0.15) is 17.3 Å². The molecule has 0 aromatic heterocycles. The van der Waals surface area contributed by atoms with Crippen LogP contribution < -0.4 is 10.6 Å². The SMILES string of the molecule is CCOC(=O)c1ccc(NC(=S)Nc2cc([N+](=O)[O-])ccc2Cl)cc1. The third-order valence-electron chi connectivity index (χ3n) is 3.06. The van der Waals surface area contributed by atoms with Crippen LogP contribution in [0.25, 0.3) is 0 Å². The van der Waals surface area contributed by atoms with E-state index < -0.39 is 10.9 Å². The van der Waals surface area contributed by atoms with Crippen LogP contribution in [0.3, 0.4) is 0 Å². The Bertz CT molecular complexity index is 812. The Morgan fingerprint density at radius 3 is 2.52 bits per heavy atom. The Hall–Kier alpha value is -2.71. The zero-order chi connectivity index (χ0) is 18.4. The number of benzene rings is 2. The van der Waals surface area contributed by atoms with Gasteiger partial charge in [-0.15, -0.1) is 0 Å². The summed E-state index contributed by atoms with van der Waals surface area (Å²) >= 11 is 11.2. The molecule has 2 aromatic rings. The lowest BCUT2D eigenvalue weighted by Crippen LogP contribution is -2.19. The van der Waals surface area contributed by atoms with Gasteiger partial charge in [-0.2, -0.15) is 0 Å². The van der Waals surface area contributed by atoms with Crippen molar-refractivity contribution in [1.82, 2.24) is 0 Å². The molecule has 0 aliphatic heterocycles. The van der Waals surface area contributed by atoms with Gasteiger partial charge in [0, 0.05) is 17.8 Å². The van der Waals surface area contributed by atoms with Crippen LogP contribution in [0.4, 0.5) is 17.1 Å². The molecule has 0 unspecified atom stereocenters. The normalized spacial score (nSPS) is 10.0. The van der Waals surface area contributed by atoms with Crippen molar-refractivity contribution in [3.8, 4) is 0 Å². The van der Waals surface area contributed by atoms with Gasteiger partial charge >= 0.3 is 5.97 Å². The van der Waals surface area contributed by atoms with Gasteiger partial charge in [0.25, 0.3) is 5.69 Å². The van der Waals surface area contributed by atoms with E-state index in [-0.39, 0.29) is 10.8 Å². The number of hydrogen-bond donors (Lipinski definition) is 2. The smallest absolute Gasteiger partial charge is 0.338 e. The topological polar surface area (TPSA) is 93.5 Å². The number of nitro benzene ring substituents is 1. The van der Waals surface area contributed by atoms with Gasteiger partial charge in [-0.1, -0.05) is 11.6 Å². The highest BCUT2D eigenvalue weighted by Gasteiger charge is 2.11. The van der Waals surface area contributed by atoms with Crippen molar-refractivity contribution in [2.24, 2.45) is 0 Å². The number of non-ortho nitro benzene ring substituents is 1. The lowest BCUT2D eigenvalue weighted by Gasteiger charge is -2.12. The Labute approximate surface area is 154 Å². The standard InChI is InChI=1S/C16H14ClN3O4S/c1-2-24-15(21)10-3-5-11(6-4-10)18-16(25)19-14-9-12(20(22)23)7-8-13(14)17/h3-9H,2H2,1H3,(H2,18,19,25). The first kappa shape index (κ1) is 18.6. The number of carbonyl (C=O) groups excluding carboxylic acids is 1. The highest BCUT2D eigenvalue weighted by Crippen LogP contribution is 2.26. The van der Waals surface area contributed by atoms with Gasteiger partial charge in [-0.05, 0) is 49.5 Å². The van der Waals surface area contributed by atoms with Crippen LogP contribution in [0.2, 0.25) is 5.02 Å². The van der Waals surface area contributed by atoms with E-state index in [9.17, 15) is 14.9 Å². The first-order chi connectivity index (χ1) is 11.9. The summed E-state index contributed by atoms with van der Waals surface area (Å²) in [4.78, 5) is 21.9. The summed E-state index contributed by atoms with van der Waals surface area (Å²) in [6.45, 7) is 2.04. The van der Waals surface area contributed by atoms with Crippen LogP contribution in [0.5, 0.6) is 0 Å². The summed E-state index contributed by atoms with van der Waals surface area (Å²) in [5, 5.41) is 17.0. The first-order valence-corrected chi connectivity index (χ1v) is 7.98. The zero-order valence-electron chi connectivity index (χ0n) is 13.1. The van der Waals surface area contributed by atoms with E-state index in [0.29, 0.717) is 28.6 Å². The Morgan fingerprint density at radius 1 is 1.24 bits per heavy atom. The van der Waals surface area contributed by atoms with Gasteiger partial charge in [0.2, 0.25) is 0 Å². The number of ether oxygens (including phenoxy) is 1. The summed E-state index contributed by atoms with van der Waals surface area (Å²) in [5.41, 5.74) is 1.27. The number of esters is 1.